The molecule has 2 rings (SSSR count). The molecule has 0 aliphatic carbocycles. The van der Waals surface area contributed by atoms with E-state index in [1.807, 2.05) is 0 Å². The van der Waals surface area contributed by atoms with Crippen LogP contribution in [0.1, 0.15) is 5.56 Å². The minimum Gasteiger partial charge on any atom is -0.344 e. The Morgan fingerprint density at radius 3 is 3.00 bits per heavy atom. The lowest BCUT2D eigenvalue weighted by molar-refractivity contribution is 1.34. The largest absolute Gasteiger partial charge is 0.344 e. The summed E-state index contributed by atoms with van der Waals surface area (Å²) in [6, 6.07) is 1.80. The topological polar surface area (TPSA) is 41.0 Å². The Morgan fingerprint density at radius 2 is 2.36 bits per heavy atom. The fourth-order valence-electron chi connectivity index (χ4n) is 1.40. The van der Waals surface area contributed by atoms with E-state index in [0.717, 1.165) is 16.6 Å². The third-order valence-electron chi connectivity index (χ3n) is 2.04. The van der Waals surface area contributed by atoms with Gasteiger partial charge in [-0.05, 0) is 12.8 Å². The second kappa shape index (κ2) is 3.27. The van der Waals surface area contributed by atoms with Crippen LogP contribution in [-0.2, 0) is 0 Å². The molecule has 0 unspecified atom stereocenters. The van der Waals surface area contributed by atoms with Crippen molar-refractivity contribution in [1.82, 2.24) is 9.97 Å². The van der Waals surface area contributed by atoms with Gasteiger partial charge in [0.05, 0.1) is 22.6 Å². The molecule has 0 aliphatic rings. The number of benzene rings is 1. The normalized spacial score (nSPS) is 10.4. The van der Waals surface area contributed by atoms with Crippen molar-refractivity contribution in [3.05, 3.63) is 29.6 Å². The first-order valence-electron chi connectivity index (χ1n) is 4.02. The van der Waals surface area contributed by atoms with Crippen LogP contribution in [0.3, 0.4) is 0 Å². The summed E-state index contributed by atoms with van der Waals surface area (Å²) in [6.07, 6.45) is 3.25. The summed E-state index contributed by atoms with van der Waals surface area (Å²) in [4.78, 5) is 11.0. The number of hydrogen-bond donors (Lipinski definition) is 1. The van der Waals surface area contributed by atoms with E-state index in [-0.39, 0.29) is 0 Å². The highest BCUT2D eigenvalue weighted by Crippen LogP contribution is 2.34. The van der Waals surface area contributed by atoms with Crippen molar-refractivity contribution in [2.75, 3.05) is 0 Å². The lowest BCUT2D eigenvalue weighted by atomic mass is 10.1. The van der Waals surface area contributed by atoms with Gasteiger partial charge in [0, 0.05) is 5.56 Å². The van der Waals surface area contributed by atoms with E-state index in [2.05, 4.69) is 28.3 Å². The molecule has 3 nitrogen and oxygen atoms in total. The highest BCUT2D eigenvalue weighted by molar-refractivity contribution is 6.33. The van der Waals surface area contributed by atoms with Gasteiger partial charge >= 0.3 is 0 Å². The number of halogens is 1. The fraction of sp³-hybridized carbons (Fsp3) is 0. The SMILES string of the molecule is C=Cc1c(Cl)cc2[nH]cnc2c1N=C. The minimum atomic E-state index is 0.596. The van der Waals surface area contributed by atoms with Gasteiger partial charge in [-0.2, -0.15) is 0 Å². The van der Waals surface area contributed by atoms with Gasteiger partial charge < -0.3 is 4.98 Å². The molecule has 1 N–H and O–H groups in total. The van der Waals surface area contributed by atoms with Crippen LogP contribution in [0.25, 0.3) is 17.1 Å². The van der Waals surface area contributed by atoms with Crippen LogP contribution >= 0.6 is 11.6 Å². The molecule has 0 amide bonds. The molecular weight excluding hydrogens is 198 g/mol. The van der Waals surface area contributed by atoms with Gasteiger partial charge in [0.15, 0.2) is 0 Å². The monoisotopic (exact) mass is 205 g/mol. The Bertz CT molecular complexity index is 513. The van der Waals surface area contributed by atoms with Crippen LogP contribution in [0, 0.1) is 0 Å². The van der Waals surface area contributed by atoms with E-state index < -0.39 is 0 Å². The molecule has 0 fully saturated rings. The van der Waals surface area contributed by atoms with Crippen LogP contribution < -0.4 is 0 Å². The van der Waals surface area contributed by atoms with Crippen molar-refractivity contribution in [2.24, 2.45) is 4.99 Å². The van der Waals surface area contributed by atoms with Crippen LogP contribution in [-0.4, -0.2) is 16.7 Å². The summed E-state index contributed by atoms with van der Waals surface area (Å²) in [5, 5.41) is 0.596. The molecule has 4 heteroatoms. The van der Waals surface area contributed by atoms with Crippen molar-refractivity contribution in [1.29, 1.82) is 0 Å². The maximum absolute atomic E-state index is 6.04. The van der Waals surface area contributed by atoms with Crippen LogP contribution in [0.2, 0.25) is 5.02 Å². The number of H-pyrrole nitrogens is 1. The maximum atomic E-state index is 6.04. The van der Waals surface area contributed by atoms with E-state index >= 15 is 0 Å². The zero-order valence-electron chi connectivity index (χ0n) is 7.42. The summed E-state index contributed by atoms with van der Waals surface area (Å²) in [6.45, 7) is 7.18. The zero-order chi connectivity index (χ0) is 10.1. The fourth-order valence-corrected chi connectivity index (χ4v) is 1.68. The summed E-state index contributed by atoms with van der Waals surface area (Å²) in [5.74, 6) is 0. The number of fused-ring (bicyclic) bond motifs is 1. The lowest BCUT2D eigenvalue weighted by Crippen LogP contribution is -1.80. The molecule has 1 aromatic heterocycles. The van der Waals surface area contributed by atoms with Gasteiger partial charge in [-0.1, -0.05) is 24.3 Å². The molecule has 0 spiro atoms. The number of hydrogen-bond acceptors (Lipinski definition) is 2. The number of aromatic nitrogens is 2. The molecule has 0 bridgehead atoms. The van der Waals surface area contributed by atoms with Gasteiger partial charge in [-0.15, -0.1) is 0 Å². The molecule has 70 valence electrons. The number of imidazole rings is 1. The molecule has 0 aliphatic heterocycles. The van der Waals surface area contributed by atoms with E-state index in [9.17, 15) is 0 Å². The van der Waals surface area contributed by atoms with Crippen molar-refractivity contribution in [2.45, 2.75) is 0 Å². The molecule has 0 saturated heterocycles. The number of rotatable bonds is 2. The molecule has 1 aromatic carbocycles. The van der Waals surface area contributed by atoms with Crippen LogP contribution in [0.15, 0.2) is 24.0 Å². The Kier molecular flexibility index (Phi) is 2.09. The average molecular weight is 206 g/mol. The Morgan fingerprint density at radius 1 is 1.57 bits per heavy atom. The number of aromatic amines is 1. The summed E-state index contributed by atoms with van der Waals surface area (Å²) >= 11 is 6.04. The molecule has 2 aromatic rings. The second-order valence-electron chi connectivity index (χ2n) is 2.78. The third kappa shape index (κ3) is 1.14. The molecule has 14 heavy (non-hydrogen) atoms. The Balaban J connectivity index is 2.95. The summed E-state index contributed by atoms with van der Waals surface area (Å²) < 4.78 is 0. The third-order valence-corrected chi connectivity index (χ3v) is 2.35. The predicted octanol–water partition coefficient (Wildman–Crippen LogP) is 3.19. The molecule has 1 heterocycles. The molecule has 0 radical (unpaired) electrons. The second-order valence-corrected chi connectivity index (χ2v) is 3.19. The quantitative estimate of drug-likeness (QED) is 0.752. The maximum Gasteiger partial charge on any atom is 0.115 e. The van der Waals surface area contributed by atoms with Crippen molar-refractivity contribution in [3.8, 4) is 0 Å². The summed E-state index contributed by atoms with van der Waals surface area (Å²) in [7, 11) is 0. The van der Waals surface area contributed by atoms with Gasteiger partial charge in [0.25, 0.3) is 0 Å². The number of aliphatic imine (C=N–C) groups is 1. The molecular formula is C10H8ClN3. The number of nitrogens with zero attached hydrogens (tertiary/aromatic N) is 2. The molecule has 0 atom stereocenters. The lowest BCUT2D eigenvalue weighted by Gasteiger charge is -2.03. The minimum absolute atomic E-state index is 0.596. The van der Waals surface area contributed by atoms with E-state index in [0.29, 0.717) is 10.7 Å². The first-order valence-corrected chi connectivity index (χ1v) is 4.40. The van der Waals surface area contributed by atoms with E-state index in [4.69, 9.17) is 11.6 Å². The number of nitrogens with one attached hydrogen (secondary N) is 1. The Hall–Kier alpha value is -1.61. The van der Waals surface area contributed by atoms with Crippen LogP contribution in [0.4, 0.5) is 5.69 Å². The van der Waals surface area contributed by atoms with Gasteiger partial charge in [-0.25, -0.2) is 4.98 Å². The average Bonchev–Trinajstić information content (AvgIpc) is 2.62. The highest BCUT2D eigenvalue weighted by atomic mass is 35.5. The van der Waals surface area contributed by atoms with Gasteiger partial charge in [0.2, 0.25) is 0 Å². The first-order chi connectivity index (χ1) is 6.77. The predicted molar refractivity (Wildman–Crippen MR) is 60.4 cm³/mol. The zero-order valence-corrected chi connectivity index (χ0v) is 8.17. The first kappa shape index (κ1) is 8.97. The van der Waals surface area contributed by atoms with E-state index in [1.54, 1.807) is 18.5 Å². The van der Waals surface area contributed by atoms with Crippen LogP contribution in [0.5, 0.6) is 0 Å². The van der Waals surface area contributed by atoms with Crippen molar-refractivity contribution in [3.63, 3.8) is 0 Å². The van der Waals surface area contributed by atoms with Gasteiger partial charge in [-0.3, -0.25) is 4.99 Å². The van der Waals surface area contributed by atoms with Gasteiger partial charge in [0.1, 0.15) is 5.52 Å². The Labute approximate surface area is 86.1 Å². The van der Waals surface area contributed by atoms with E-state index in [1.165, 1.54) is 0 Å². The van der Waals surface area contributed by atoms with Crippen molar-refractivity contribution < 1.29 is 0 Å². The van der Waals surface area contributed by atoms with Crippen molar-refractivity contribution >= 4 is 41.1 Å². The standard InChI is InChI=1S/C10H8ClN3/c1-3-6-7(11)4-8-10(9(6)12-2)14-5-13-8/h3-5H,1-2H2,(H,13,14). The smallest absolute Gasteiger partial charge is 0.115 e. The molecule has 0 saturated carbocycles. The summed E-state index contributed by atoms with van der Waals surface area (Å²) in [5.41, 5.74) is 3.05. The highest BCUT2D eigenvalue weighted by Gasteiger charge is 2.10.